The summed E-state index contributed by atoms with van der Waals surface area (Å²) in [4.78, 5) is 4.56. The van der Waals surface area contributed by atoms with E-state index in [0.717, 1.165) is 34.0 Å². The van der Waals surface area contributed by atoms with Crippen LogP contribution in [0.25, 0.3) is 16.7 Å². The lowest BCUT2D eigenvalue weighted by Crippen LogP contribution is -1.97. The minimum Gasteiger partial charge on any atom is -0.494 e. The fourth-order valence-corrected chi connectivity index (χ4v) is 2.40. The van der Waals surface area contributed by atoms with Gasteiger partial charge in [0.25, 0.3) is 0 Å². The fourth-order valence-electron chi connectivity index (χ4n) is 2.40. The van der Waals surface area contributed by atoms with Crippen molar-refractivity contribution in [2.24, 2.45) is 0 Å². The van der Waals surface area contributed by atoms with E-state index in [1.165, 1.54) is 0 Å². The summed E-state index contributed by atoms with van der Waals surface area (Å²) in [5.74, 6) is 1.82. The van der Waals surface area contributed by atoms with Crippen molar-refractivity contribution in [1.82, 2.24) is 9.55 Å². The highest BCUT2D eigenvalue weighted by atomic mass is 16.5. The number of imidazole rings is 1. The quantitative estimate of drug-likeness (QED) is 0.741. The number of ether oxygens (including phenoxy) is 1. The van der Waals surface area contributed by atoms with Crippen LogP contribution in [0.1, 0.15) is 12.7 Å². The van der Waals surface area contributed by atoms with E-state index in [1.54, 1.807) is 0 Å². The molecule has 0 radical (unpaired) electrons. The Morgan fingerprint density at radius 2 is 1.90 bits per heavy atom. The Hall–Kier alpha value is -2.49. The van der Waals surface area contributed by atoms with E-state index in [4.69, 9.17) is 10.5 Å². The summed E-state index contributed by atoms with van der Waals surface area (Å²) < 4.78 is 7.59. The number of nitrogen functional groups attached to an aromatic ring is 1. The molecule has 0 fully saturated rings. The van der Waals surface area contributed by atoms with Crippen LogP contribution in [0.3, 0.4) is 0 Å². The molecule has 1 heterocycles. The van der Waals surface area contributed by atoms with Gasteiger partial charge in [-0.05, 0) is 56.3 Å². The molecule has 0 unspecified atom stereocenters. The van der Waals surface area contributed by atoms with E-state index in [0.29, 0.717) is 6.61 Å². The molecule has 4 nitrogen and oxygen atoms in total. The average molecular weight is 267 g/mol. The maximum atomic E-state index is 5.81. The summed E-state index contributed by atoms with van der Waals surface area (Å²) >= 11 is 0. The van der Waals surface area contributed by atoms with E-state index < -0.39 is 0 Å². The molecule has 3 rings (SSSR count). The van der Waals surface area contributed by atoms with Crippen molar-refractivity contribution in [3.8, 4) is 11.4 Å². The smallest absolute Gasteiger partial charge is 0.119 e. The molecule has 0 aliphatic rings. The second kappa shape index (κ2) is 4.89. The summed E-state index contributed by atoms with van der Waals surface area (Å²) in [7, 11) is 0. The van der Waals surface area contributed by atoms with Gasteiger partial charge >= 0.3 is 0 Å². The monoisotopic (exact) mass is 267 g/mol. The number of hydrogen-bond acceptors (Lipinski definition) is 3. The zero-order chi connectivity index (χ0) is 14.1. The molecule has 0 bridgehead atoms. The van der Waals surface area contributed by atoms with E-state index in [1.807, 2.05) is 56.3 Å². The summed E-state index contributed by atoms with van der Waals surface area (Å²) in [6.07, 6.45) is 0. The van der Waals surface area contributed by atoms with Gasteiger partial charge in [0.2, 0.25) is 0 Å². The second-order valence-corrected chi connectivity index (χ2v) is 4.67. The predicted octanol–water partition coefficient (Wildman–Crippen LogP) is 3.31. The van der Waals surface area contributed by atoms with Crippen LogP contribution in [0.15, 0.2) is 42.5 Å². The minimum absolute atomic E-state index is 0.672. The van der Waals surface area contributed by atoms with Crippen LogP contribution in [0, 0.1) is 6.92 Å². The van der Waals surface area contributed by atoms with Crippen molar-refractivity contribution in [3.63, 3.8) is 0 Å². The first-order valence-electron chi connectivity index (χ1n) is 6.67. The van der Waals surface area contributed by atoms with Gasteiger partial charge in [-0.1, -0.05) is 0 Å². The highest BCUT2D eigenvalue weighted by Gasteiger charge is 2.09. The van der Waals surface area contributed by atoms with E-state index in [-0.39, 0.29) is 0 Å². The van der Waals surface area contributed by atoms with E-state index in [2.05, 4.69) is 9.55 Å². The summed E-state index contributed by atoms with van der Waals surface area (Å²) in [6, 6.07) is 13.8. The summed E-state index contributed by atoms with van der Waals surface area (Å²) in [5.41, 5.74) is 9.58. The Labute approximate surface area is 117 Å². The molecule has 0 saturated heterocycles. The summed E-state index contributed by atoms with van der Waals surface area (Å²) in [5, 5.41) is 0. The number of rotatable bonds is 3. The van der Waals surface area contributed by atoms with Gasteiger partial charge in [-0.3, -0.25) is 4.57 Å². The lowest BCUT2D eigenvalue weighted by Gasteiger charge is -2.08. The van der Waals surface area contributed by atoms with Crippen LogP contribution in [-0.4, -0.2) is 16.2 Å². The summed E-state index contributed by atoms with van der Waals surface area (Å²) in [6.45, 7) is 4.64. The average Bonchev–Trinajstić information content (AvgIpc) is 2.75. The van der Waals surface area contributed by atoms with Gasteiger partial charge in [-0.15, -0.1) is 0 Å². The highest BCUT2D eigenvalue weighted by molar-refractivity contribution is 5.81. The van der Waals surface area contributed by atoms with Crippen molar-refractivity contribution < 1.29 is 4.74 Å². The highest BCUT2D eigenvalue weighted by Crippen LogP contribution is 2.24. The normalized spacial score (nSPS) is 10.9. The van der Waals surface area contributed by atoms with Crippen molar-refractivity contribution in [2.45, 2.75) is 13.8 Å². The minimum atomic E-state index is 0.672. The van der Waals surface area contributed by atoms with Gasteiger partial charge in [-0.25, -0.2) is 4.98 Å². The number of nitrogens with zero attached hydrogens (tertiary/aromatic N) is 2. The fraction of sp³-hybridized carbons (Fsp3) is 0.188. The molecule has 2 aromatic carbocycles. The van der Waals surface area contributed by atoms with Crippen molar-refractivity contribution in [1.29, 1.82) is 0 Å². The second-order valence-electron chi connectivity index (χ2n) is 4.67. The Morgan fingerprint density at radius 3 is 2.60 bits per heavy atom. The molecule has 1 aromatic heterocycles. The van der Waals surface area contributed by atoms with Crippen LogP contribution in [0.4, 0.5) is 5.69 Å². The van der Waals surface area contributed by atoms with Gasteiger partial charge in [0.05, 0.1) is 17.6 Å². The lowest BCUT2D eigenvalue weighted by molar-refractivity contribution is 0.340. The standard InChI is InChI=1S/C16H17N3O/c1-3-20-14-7-5-13(6-8-14)19-11(2)18-15-10-12(17)4-9-16(15)19/h4-10H,3,17H2,1-2H3. The van der Waals surface area contributed by atoms with Crippen LogP contribution in [0.5, 0.6) is 5.75 Å². The molecule has 4 heteroatoms. The molecular formula is C16H17N3O. The molecule has 0 amide bonds. The van der Waals surface area contributed by atoms with Crippen molar-refractivity contribution in [2.75, 3.05) is 12.3 Å². The molecular weight excluding hydrogens is 250 g/mol. The van der Waals surface area contributed by atoms with Gasteiger partial charge < -0.3 is 10.5 Å². The third-order valence-corrected chi connectivity index (χ3v) is 3.25. The number of fused-ring (bicyclic) bond motifs is 1. The molecule has 3 aromatic rings. The van der Waals surface area contributed by atoms with Crippen LogP contribution in [-0.2, 0) is 0 Å². The predicted molar refractivity (Wildman–Crippen MR) is 81.4 cm³/mol. The Morgan fingerprint density at radius 1 is 1.15 bits per heavy atom. The van der Waals surface area contributed by atoms with Crippen molar-refractivity contribution in [3.05, 3.63) is 48.3 Å². The van der Waals surface area contributed by atoms with Crippen molar-refractivity contribution >= 4 is 16.7 Å². The molecule has 20 heavy (non-hydrogen) atoms. The van der Waals surface area contributed by atoms with Gasteiger partial charge in [-0.2, -0.15) is 0 Å². The first kappa shape index (κ1) is 12.5. The SMILES string of the molecule is CCOc1ccc(-n2c(C)nc3cc(N)ccc32)cc1. The third kappa shape index (κ3) is 2.09. The first-order valence-corrected chi connectivity index (χ1v) is 6.67. The molecule has 2 N–H and O–H groups in total. The number of aromatic nitrogens is 2. The Bertz CT molecular complexity index is 744. The van der Waals surface area contributed by atoms with Gasteiger partial charge in [0, 0.05) is 11.4 Å². The molecule has 0 spiro atoms. The first-order chi connectivity index (χ1) is 9.69. The molecule has 102 valence electrons. The number of benzene rings is 2. The van der Waals surface area contributed by atoms with E-state index in [9.17, 15) is 0 Å². The number of anilines is 1. The van der Waals surface area contributed by atoms with Crippen LogP contribution >= 0.6 is 0 Å². The maximum absolute atomic E-state index is 5.81. The number of hydrogen-bond donors (Lipinski definition) is 1. The Kier molecular flexibility index (Phi) is 3.06. The van der Waals surface area contributed by atoms with Crippen LogP contribution in [0.2, 0.25) is 0 Å². The molecule has 0 aliphatic carbocycles. The molecule has 0 saturated carbocycles. The number of nitrogens with two attached hydrogens (primary N) is 1. The maximum Gasteiger partial charge on any atom is 0.119 e. The van der Waals surface area contributed by atoms with Crippen LogP contribution < -0.4 is 10.5 Å². The molecule has 0 atom stereocenters. The van der Waals surface area contributed by atoms with E-state index >= 15 is 0 Å². The third-order valence-electron chi connectivity index (χ3n) is 3.25. The zero-order valence-electron chi connectivity index (χ0n) is 11.6. The zero-order valence-corrected chi connectivity index (χ0v) is 11.6. The largest absolute Gasteiger partial charge is 0.494 e. The topological polar surface area (TPSA) is 53.1 Å². The Balaban J connectivity index is 2.11. The van der Waals surface area contributed by atoms with Gasteiger partial charge in [0.1, 0.15) is 11.6 Å². The van der Waals surface area contributed by atoms with Gasteiger partial charge in [0.15, 0.2) is 0 Å². The lowest BCUT2D eigenvalue weighted by atomic mass is 10.2. The molecule has 0 aliphatic heterocycles. The number of aryl methyl sites for hydroxylation is 1.